The van der Waals surface area contributed by atoms with Crippen LogP contribution in [0.5, 0.6) is 11.6 Å². The van der Waals surface area contributed by atoms with Crippen LogP contribution in [0.2, 0.25) is 0 Å². The number of nitrogens with zero attached hydrogens (tertiary/aromatic N) is 4. The van der Waals surface area contributed by atoms with Gasteiger partial charge in [-0.3, -0.25) is 4.98 Å². The van der Waals surface area contributed by atoms with E-state index in [1.807, 2.05) is 37.5 Å². The molecule has 0 atom stereocenters. The first-order valence-electron chi connectivity index (χ1n) is 10.2. The van der Waals surface area contributed by atoms with Crippen LogP contribution in [0.3, 0.4) is 0 Å². The average Bonchev–Trinajstić information content (AvgIpc) is 3.15. The van der Waals surface area contributed by atoms with E-state index in [2.05, 4.69) is 16.2 Å². The summed E-state index contributed by atoms with van der Waals surface area (Å²) < 4.78 is 13.4. The van der Waals surface area contributed by atoms with E-state index in [9.17, 15) is 5.26 Å². The molecule has 0 aliphatic carbocycles. The van der Waals surface area contributed by atoms with Gasteiger partial charge in [0.15, 0.2) is 0 Å². The van der Waals surface area contributed by atoms with Gasteiger partial charge in [0.25, 0.3) is 0 Å². The molecule has 2 aromatic heterocycles. The Hall–Kier alpha value is -3.21. The molecule has 0 saturated carbocycles. The number of nitriles is 1. The van der Waals surface area contributed by atoms with Gasteiger partial charge in [0.05, 0.1) is 23.0 Å². The number of ether oxygens (including phenoxy) is 2. The van der Waals surface area contributed by atoms with Crippen molar-refractivity contribution in [3.63, 3.8) is 0 Å². The summed E-state index contributed by atoms with van der Waals surface area (Å²) in [4.78, 5) is 4.57. The molecule has 4 rings (SSSR count). The standard InChI is InChI=1S/C23H25N5O2/c1-28-23(13-21(27-28)18-7-10-29-11-8-18)30-22-12-17(14-25)2-4-19(22)20-5-3-16(6-9-24)15-26-20/h2-5,12-13,15,18H,6-11,24H2,1H3. The molecule has 1 saturated heterocycles. The Morgan fingerprint density at radius 1 is 1.23 bits per heavy atom. The summed E-state index contributed by atoms with van der Waals surface area (Å²) in [6.45, 7) is 2.11. The first-order valence-corrected chi connectivity index (χ1v) is 10.2. The molecular formula is C23H25N5O2. The van der Waals surface area contributed by atoms with E-state index in [1.54, 1.807) is 16.8 Å². The second-order valence-corrected chi connectivity index (χ2v) is 7.43. The summed E-state index contributed by atoms with van der Waals surface area (Å²) in [6, 6.07) is 13.5. The molecule has 1 fully saturated rings. The Balaban J connectivity index is 1.65. The highest BCUT2D eigenvalue weighted by Gasteiger charge is 2.21. The lowest BCUT2D eigenvalue weighted by molar-refractivity contribution is 0.0844. The van der Waals surface area contributed by atoms with Crippen LogP contribution in [0.15, 0.2) is 42.6 Å². The molecule has 2 N–H and O–H groups in total. The van der Waals surface area contributed by atoms with E-state index >= 15 is 0 Å². The van der Waals surface area contributed by atoms with Crippen molar-refractivity contribution in [2.24, 2.45) is 12.8 Å². The lowest BCUT2D eigenvalue weighted by Gasteiger charge is -2.19. The second-order valence-electron chi connectivity index (χ2n) is 7.43. The maximum absolute atomic E-state index is 9.35. The van der Waals surface area contributed by atoms with Crippen molar-refractivity contribution < 1.29 is 9.47 Å². The summed E-state index contributed by atoms with van der Waals surface area (Å²) in [7, 11) is 1.87. The van der Waals surface area contributed by atoms with E-state index in [0.717, 1.165) is 55.0 Å². The van der Waals surface area contributed by atoms with Gasteiger partial charge in [-0.1, -0.05) is 6.07 Å². The molecule has 0 radical (unpaired) electrons. The van der Waals surface area contributed by atoms with Crippen LogP contribution in [0.4, 0.5) is 0 Å². The van der Waals surface area contributed by atoms with Crippen LogP contribution in [-0.2, 0) is 18.2 Å². The second kappa shape index (κ2) is 9.08. The normalized spacial score (nSPS) is 14.4. The highest BCUT2D eigenvalue weighted by Crippen LogP contribution is 2.35. The van der Waals surface area contributed by atoms with E-state index < -0.39 is 0 Å². The average molecular weight is 403 g/mol. The SMILES string of the molecule is Cn1nc(C2CCOCC2)cc1Oc1cc(C#N)ccc1-c1ccc(CCN)cn1. The predicted octanol–water partition coefficient (Wildman–Crippen LogP) is 3.54. The fraction of sp³-hybridized carbons (Fsp3) is 0.348. The van der Waals surface area contributed by atoms with E-state index in [1.165, 1.54) is 0 Å². The molecule has 7 heteroatoms. The molecule has 0 spiro atoms. The van der Waals surface area contributed by atoms with Crippen LogP contribution < -0.4 is 10.5 Å². The van der Waals surface area contributed by atoms with Crippen LogP contribution in [0, 0.1) is 11.3 Å². The van der Waals surface area contributed by atoms with E-state index in [0.29, 0.717) is 29.7 Å². The number of aryl methyl sites for hydroxylation is 1. The lowest BCUT2D eigenvalue weighted by Crippen LogP contribution is -2.14. The van der Waals surface area contributed by atoms with Gasteiger partial charge in [-0.25, -0.2) is 4.68 Å². The van der Waals surface area contributed by atoms with Crippen molar-refractivity contribution in [3.8, 4) is 29.0 Å². The number of hydrogen-bond acceptors (Lipinski definition) is 6. The fourth-order valence-electron chi connectivity index (χ4n) is 3.66. The molecule has 30 heavy (non-hydrogen) atoms. The van der Waals surface area contributed by atoms with Crippen molar-refractivity contribution in [2.75, 3.05) is 19.8 Å². The van der Waals surface area contributed by atoms with Crippen LogP contribution in [0.25, 0.3) is 11.3 Å². The monoisotopic (exact) mass is 403 g/mol. The molecule has 0 bridgehead atoms. The first-order chi connectivity index (χ1) is 14.7. The quantitative estimate of drug-likeness (QED) is 0.676. The Bertz CT molecular complexity index is 1050. The van der Waals surface area contributed by atoms with Crippen LogP contribution >= 0.6 is 0 Å². The Labute approximate surface area is 176 Å². The van der Waals surface area contributed by atoms with Crippen LogP contribution in [-0.4, -0.2) is 34.5 Å². The van der Waals surface area contributed by atoms with Gasteiger partial charge in [-0.15, -0.1) is 0 Å². The molecule has 0 unspecified atom stereocenters. The summed E-state index contributed by atoms with van der Waals surface area (Å²) in [6.07, 6.45) is 4.54. The molecule has 154 valence electrons. The number of hydrogen-bond donors (Lipinski definition) is 1. The Morgan fingerprint density at radius 3 is 2.77 bits per heavy atom. The molecular weight excluding hydrogens is 378 g/mol. The zero-order valence-electron chi connectivity index (χ0n) is 17.0. The molecule has 3 aromatic rings. The van der Waals surface area contributed by atoms with Crippen molar-refractivity contribution in [1.82, 2.24) is 14.8 Å². The molecule has 1 aromatic carbocycles. The minimum Gasteiger partial charge on any atom is -0.439 e. The van der Waals surface area contributed by atoms with Crippen molar-refractivity contribution in [1.29, 1.82) is 5.26 Å². The minimum atomic E-state index is 0.379. The molecule has 1 aliphatic heterocycles. The third-order valence-electron chi connectivity index (χ3n) is 5.35. The minimum absolute atomic E-state index is 0.379. The maximum atomic E-state index is 9.35. The fourth-order valence-corrected chi connectivity index (χ4v) is 3.66. The Kier molecular flexibility index (Phi) is 6.07. The highest BCUT2D eigenvalue weighted by molar-refractivity contribution is 5.69. The largest absolute Gasteiger partial charge is 0.439 e. The summed E-state index contributed by atoms with van der Waals surface area (Å²) in [5.74, 6) is 1.59. The number of nitrogens with two attached hydrogens (primary N) is 1. The zero-order chi connectivity index (χ0) is 20.9. The lowest BCUT2D eigenvalue weighted by atomic mass is 9.97. The van der Waals surface area contributed by atoms with Crippen LogP contribution in [0.1, 0.15) is 35.6 Å². The van der Waals surface area contributed by atoms with Gasteiger partial charge < -0.3 is 15.2 Å². The third-order valence-corrected chi connectivity index (χ3v) is 5.35. The summed E-state index contributed by atoms with van der Waals surface area (Å²) >= 11 is 0. The van der Waals surface area contributed by atoms with Gasteiger partial charge in [-0.2, -0.15) is 10.4 Å². The number of aromatic nitrogens is 3. The topological polar surface area (TPSA) is 99.0 Å². The number of benzene rings is 1. The summed E-state index contributed by atoms with van der Waals surface area (Å²) in [5.41, 5.74) is 9.86. The zero-order valence-corrected chi connectivity index (χ0v) is 17.0. The van der Waals surface area contributed by atoms with Gasteiger partial charge in [0.1, 0.15) is 5.75 Å². The van der Waals surface area contributed by atoms with Crippen molar-refractivity contribution in [3.05, 3.63) is 59.4 Å². The first kappa shape index (κ1) is 20.1. The van der Waals surface area contributed by atoms with Crippen molar-refractivity contribution in [2.45, 2.75) is 25.2 Å². The number of rotatable bonds is 6. The highest BCUT2D eigenvalue weighted by atomic mass is 16.5. The van der Waals surface area contributed by atoms with Gasteiger partial charge >= 0.3 is 0 Å². The Morgan fingerprint density at radius 2 is 2.07 bits per heavy atom. The third kappa shape index (κ3) is 4.35. The maximum Gasteiger partial charge on any atom is 0.217 e. The van der Waals surface area contributed by atoms with E-state index in [-0.39, 0.29) is 0 Å². The van der Waals surface area contributed by atoms with Gasteiger partial charge in [0, 0.05) is 44.0 Å². The molecule has 7 nitrogen and oxygen atoms in total. The van der Waals surface area contributed by atoms with Gasteiger partial charge in [-0.05, 0) is 55.6 Å². The van der Waals surface area contributed by atoms with E-state index in [4.69, 9.17) is 15.2 Å². The molecule has 1 aliphatic rings. The van der Waals surface area contributed by atoms with Crippen molar-refractivity contribution >= 4 is 0 Å². The number of pyridine rings is 1. The van der Waals surface area contributed by atoms with Gasteiger partial charge in [0.2, 0.25) is 5.88 Å². The summed E-state index contributed by atoms with van der Waals surface area (Å²) in [5, 5.41) is 14.0. The smallest absolute Gasteiger partial charge is 0.217 e. The molecule has 3 heterocycles. The predicted molar refractivity (Wildman–Crippen MR) is 113 cm³/mol. The molecule has 0 amide bonds.